The highest BCUT2D eigenvalue weighted by molar-refractivity contribution is 8.02. The first-order valence-electron chi connectivity index (χ1n) is 13.8. The van der Waals surface area contributed by atoms with Crippen LogP contribution < -0.4 is 4.90 Å². The minimum absolute atomic E-state index is 0.189. The summed E-state index contributed by atoms with van der Waals surface area (Å²) in [5, 5.41) is 11.1. The van der Waals surface area contributed by atoms with Crippen LogP contribution in [0.15, 0.2) is 48.6 Å². The highest BCUT2D eigenvalue weighted by atomic mass is 35.5. The molecule has 7 nitrogen and oxygen atoms in total. The van der Waals surface area contributed by atoms with Gasteiger partial charge in [0.1, 0.15) is 6.04 Å². The van der Waals surface area contributed by atoms with Gasteiger partial charge in [0.05, 0.1) is 35.8 Å². The number of aliphatic hydroxyl groups is 1. The molecule has 39 heavy (non-hydrogen) atoms. The number of fused-ring (bicyclic) bond motifs is 2. The minimum atomic E-state index is -0.990. The Labute approximate surface area is 239 Å². The van der Waals surface area contributed by atoms with Gasteiger partial charge in [0.2, 0.25) is 5.91 Å². The summed E-state index contributed by atoms with van der Waals surface area (Å²) >= 11 is 7.65. The Morgan fingerprint density at radius 3 is 2.51 bits per heavy atom. The number of allylic oxidation sites excluding steroid dienone is 1. The largest absolute Gasteiger partial charge is 0.465 e. The predicted molar refractivity (Wildman–Crippen MR) is 154 cm³/mol. The van der Waals surface area contributed by atoms with E-state index in [-0.39, 0.29) is 24.3 Å². The van der Waals surface area contributed by atoms with Gasteiger partial charge in [-0.25, -0.2) is 0 Å². The van der Waals surface area contributed by atoms with Gasteiger partial charge in [0.15, 0.2) is 0 Å². The summed E-state index contributed by atoms with van der Waals surface area (Å²) in [7, 11) is 0. The standard InChI is InChI=1S/C30H37ClN2O5S/c1-19(2)17-22(18-34)33-25-27(36)32(21-11-9-20(31)10-12-21)15-8-14-30(25)23(26(33)35)24-28(37)38-16-7-5-4-6-13-29(24,3)39-30/h6,8-14,19,22-25,34H,4-5,7,15-18H2,1-3H3/b13-6-/t22-,23+,24-,25?,29+,30+/m1/s1. The number of hydrogen-bond donors (Lipinski definition) is 1. The number of benzene rings is 1. The molecule has 210 valence electrons. The number of amides is 2. The second-order valence-corrected chi connectivity index (χ2v) is 13.8. The van der Waals surface area contributed by atoms with Gasteiger partial charge in [-0.2, -0.15) is 0 Å². The van der Waals surface area contributed by atoms with Gasteiger partial charge >= 0.3 is 5.97 Å². The number of cyclic esters (lactones) is 1. The summed E-state index contributed by atoms with van der Waals surface area (Å²) < 4.78 is 4.02. The van der Waals surface area contributed by atoms with E-state index in [1.807, 2.05) is 32.9 Å². The molecule has 4 aliphatic rings. The lowest BCUT2D eigenvalue weighted by Gasteiger charge is -2.40. The number of ether oxygens (including phenoxy) is 1. The van der Waals surface area contributed by atoms with Crippen molar-refractivity contribution >= 4 is 46.8 Å². The fourth-order valence-electron chi connectivity index (χ4n) is 6.80. The smallest absolute Gasteiger partial charge is 0.311 e. The number of thioether (sulfide) groups is 1. The Morgan fingerprint density at radius 2 is 1.82 bits per heavy atom. The molecule has 9 heteroatoms. The number of anilines is 1. The first kappa shape index (κ1) is 28.2. The van der Waals surface area contributed by atoms with Gasteiger partial charge < -0.3 is 19.6 Å². The Bertz CT molecular complexity index is 1190. The Hall–Kier alpha value is -2.29. The van der Waals surface area contributed by atoms with E-state index in [0.717, 1.165) is 19.3 Å². The van der Waals surface area contributed by atoms with Crippen LogP contribution in [-0.2, 0) is 19.1 Å². The number of esters is 1. The lowest BCUT2D eigenvalue weighted by molar-refractivity contribution is -0.154. The first-order valence-corrected chi connectivity index (χ1v) is 15.0. The molecule has 1 unspecified atom stereocenters. The van der Waals surface area contributed by atoms with Crippen molar-refractivity contribution in [1.29, 1.82) is 0 Å². The summed E-state index contributed by atoms with van der Waals surface area (Å²) in [5.41, 5.74) is 0.680. The Morgan fingerprint density at radius 1 is 1.08 bits per heavy atom. The summed E-state index contributed by atoms with van der Waals surface area (Å²) in [5.74, 6) is -2.24. The second kappa shape index (κ2) is 10.9. The van der Waals surface area contributed by atoms with E-state index in [1.165, 1.54) is 11.8 Å². The third-order valence-electron chi connectivity index (χ3n) is 8.42. The van der Waals surface area contributed by atoms with E-state index >= 15 is 0 Å². The zero-order valence-corrected chi connectivity index (χ0v) is 24.3. The molecule has 0 aliphatic carbocycles. The maximum Gasteiger partial charge on any atom is 0.311 e. The summed E-state index contributed by atoms with van der Waals surface area (Å²) in [6.07, 6.45) is 11.2. The molecule has 0 aromatic heterocycles. The van der Waals surface area contributed by atoms with Crippen molar-refractivity contribution in [2.75, 3.05) is 24.7 Å². The van der Waals surface area contributed by atoms with Crippen molar-refractivity contribution in [1.82, 2.24) is 4.90 Å². The average Bonchev–Trinajstić information content (AvgIpc) is 3.23. The fourth-order valence-corrected chi connectivity index (χ4v) is 9.07. The van der Waals surface area contributed by atoms with Crippen molar-refractivity contribution in [2.24, 2.45) is 17.8 Å². The van der Waals surface area contributed by atoms with Gasteiger partial charge in [-0.05, 0) is 62.8 Å². The van der Waals surface area contributed by atoms with Crippen molar-refractivity contribution < 1.29 is 24.2 Å². The van der Waals surface area contributed by atoms with Crippen molar-refractivity contribution in [2.45, 2.75) is 68.0 Å². The molecule has 6 atom stereocenters. The SMILES string of the molecule is CC(C)C[C@H](CO)N1C(=O)[C@@H]2[C@@H]3C(=O)OCCCC/C=C\[C@]3(C)S[C@@]23C=CCN(c2ccc(Cl)cc2)C(=O)C13. The molecule has 4 aliphatic heterocycles. The van der Waals surface area contributed by atoms with Gasteiger partial charge in [-0.15, -0.1) is 11.8 Å². The zero-order valence-electron chi connectivity index (χ0n) is 22.7. The van der Waals surface area contributed by atoms with Crippen LogP contribution in [0.2, 0.25) is 5.02 Å². The maximum atomic E-state index is 14.6. The molecule has 2 fully saturated rings. The van der Waals surface area contributed by atoms with Crippen LogP contribution in [0.1, 0.15) is 46.5 Å². The van der Waals surface area contributed by atoms with Crippen molar-refractivity contribution in [3.8, 4) is 0 Å². The number of aliphatic hydroxyl groups excluding tert-OH is 1. The van der Waals surface area contributed by atoms with E-state index in [1.54, 1.807) is 34.1 Å². The quantitative estimate of drug-likeness (QED) is 0.409. The van der Waals surface area contributed by atoms with Crippen LogP contribution in [0.4, 0.5) is 5.69 Å². The second-order valence-electron chi connectivity index (χ2n) is 11.6. The van der Waals surface area contributed by atoms with E-state index in [4.69, 9.17) is 16.3 Å². The van der Waals surface area contributed by atoms with Gasteiger partial charge in [0, 0.05) is 22.0 Å². The van der Waals surface area contributed by atoms with Gasteiger partial charge in [0.25, 0.3) is 5.91 Å². The Balaban J connectivity index is 1.67. The number of carbonyl (C=O) groups is 3. The van der Waals surface area contributed by atoms with Gasteiger partial charge in [-0.1, -0.05) is 49.8 Å². The summed E-state index contributed by atoms with van der Waals surface area (Å²) in [6, 6.07) is 5.64. The molecule has 1 aromatic carbocycles. The molecular formula is C30H37ClN2O5S. The van der Waals surface area contributed by atoms with Gasteiger partial charge in [-0.3, -0.25) is 14.4 Å². The summed E-state index contributed by atoms with van der Waals surface area (Å²) in [6.45, 7) is 6.42. The Kier molecular flexibility index (Phi) is 7.92. The molecule has 0 bridgehead atoms. The number of carbonyl (C=O) groups excluding carboxylic acids is 3. The van der Waals surface area contributed by atoms with Crippen LogP contribution in [0.5, 0.6) is 0 Å². The number of hydrogen-bond acceptors (Lipinski definition) is 6. The molecule has 2 amide bonds. The fraction of sp³-hybridized carbons (Fsp3) is 0.567. The highest BCUT2D eigenvalue weighted by Crippen LogP contribution is 2.65. The third-order valence-corrected chi connectivity index (χ3v) is 10.5. The van der Waals surface area contributed by atoms with E-state index in [0.29, 0.717) is 30.3 Å². The number of likely N-dealkylation sites (tertiary alicyclic amines) is 1. The first-order chi connectivity index (χ1) is 18.6. The predicted octanol–water partition coefficient (Wildman–Crippen LogP) is 4.62. The lowest BCUT2D eigenvalue weighted by Crippen LogP contribution is -2.57. The highest BCUT2D eigenvalue weighted by Gasteiger charge is 2.74. The van der Waals surface area contributed by atoms with E-state index < -0.39 is 39.4 Å². The van der Waals surface area contributed by atoms with E-state index in [9.17, 15) is 19.5 Å². The third kappa shape index (κ3) is 4.82. The number of rotatable bonds is 5. The normalized spacial score (nSPS) is 34.3. The molecule has 2 saturated heterocycles. The molecule has 0 saturated carbocycles. The molecule has 0 radical (unpaired) electrons. The number of halogens is 1. The topological polar surface area (TPSA) is 87.2 Å². The van der Waals surface area contributed by atoms with E-state index in [2.05, 4.69) is 12.2 Å². The molecular weight excluding hydrogens is 536 g/mol. The van der Waals surface area contributed by atoms with Crippen molar-refractivity contribution in [3.05, 3.63) is 53.6 Å². The molecule has 5 rings (SSSR count). The van der Waals surface area contributed by atoms with Crippen LogP contribution in [-0.4, -0.2) is 69.1 Å². The van der Waals surface area contributed by atoms with Crippen LogP contribution in [0.3, 0.4) is 0 Å². The zero-order chi connectivity index (χ0) is 27.9. The van der Waals surface area contributed by atoms with Crippen molar-refractivity contribution in [3.63, 3.8) is 0 Å². The maximum absolute atomic E-state index is 14.6. The monoisotopic (exact) mass is 572 g/mol. The molecule has 4 heterocycles. The lowest BCUT2D eigenvalue weighted by atomic mass is 9.74. The van der Waals surface area contributed by atoms with Crippen LogP contribution in [0.25, 0.3) is 0 Å². The average molecular weight is 573 g/mol. The van der Waals surface area contributed by atoms with Crippen LogP contribution >= 0.6 is 23.4 Å². The minimum Gasteiger partial charge on any atom is -0.465 e. The number of nitrogens with zero attached hydrogens (tertiary/aromatic N) is 2. The van der Waals surface area contributed by atoms with Crippen LogP contribution in [0, 0.1) is 17.8 Å². The molecule has 1 N–H and O–H groups in total. The molecule has 1 aromatic rings. The summed E-state index contributed by atoms with van der Waals surface area (Å²) in [4.78, 5) is 46.0. The molecule has 1 spiro atoms.